The molecule has 116 valence electrons. The van der Waals surface area contributed by atoms with Gasteiger partial charge in [-0.1, -0.05) is 6.92 Å². The summed E-state index contributed by atoms with van der Waals surface area (Å²) in [6.45, 7) is 10.3. The summed E-state index contributed by atoms with van der Waals surface area (Å²) in [4.78, 5) is 0. The average Bonchev–Trinajstić information content (AvgIpc) is 2.80. The summed E-state index contributed by atoms with van der Waals surface area (Å²) >= 11 is 0. The number of nitrogens with one attached hydrogen (secondary N) is 1. The van der Waals surface area contributed by atoms with Crippen LogP contribution in [0.4, 0.5) is 0 Å². The fourth-order valence-corrected chi connectivity index (χ4v) is 2.20. The summed E-state index contributed by atoms with van der Waals surface area (Å²) in [7, 11) is 1.69. The fourth-order valence-electron chi connectivity index (χ4n) is 2.20. The summed E-state index contributed by atoms with van der Waals surface area (Å²) in [5, 5.41) is 8.05. The predicted molar refractivity (Wildman–Crippen MR) is 81.1 cm³/mol. The number of aryl methyl sites for hydroxylation is 2. The standard InChI is InChI=1S/C15H29N3O2/c1-5-7-16-14(12-20-9-8-19-4)11-15-10-13(3)17-18(15)6-2/h10,14,16H,5-9,11-12H2,1-4H3. The van der Waals surface area contributed by atoms with Crippen molar-refractivity contribution in [1.82, 2.24) is 15.1 Å². The number of nitrogens with zero attached hydrogens (tertiary/aromatic N) is 2. The second-order valence-electron chi connectivity index (χ2n) is 5.02. The number of hydrogen-bond donors (Lipinski definition) is 1. The zero-order valence-corrected chi connectivity index (χ0v) is 13.3. The Morgan fingerprint density at radius 1 is 1.35 bits per heavy atom. The topological polar surface area (TPSA) is 48.3 Å². The maximum absolute atomic E-state index is 5.67. The van der Waals surface area contributed by atoms with E-state index in [2.05, 4.69) is 35.0 Å². The SMILES string of the molecule is CCCNC(COCCOC)Cc1cc(C)nn1CC. The molecule has 1 unspecified atom stereocenters. The van der Waals surface area contributed by atoms with Crippen LogP contribution in [0.2, 0.25) is 0 Å². The van der Waals surface area contributed by atoms with Crippen LogP contribution in [-0.4, -0.2) is 49.3 Å². The Bertz CT molecular complexity index is 366. The van der Waals surface area contributed by atoms with E-state index in [1.165, 1.54) is 5.69 Å². The molecule has 1 aromatic rings. The minimum absolute atomic E-state index is 0.327. The van der Waals surface area contributed by atoms with Crippen molar-refractivity contribution >= 4 is 0 Å². The van der Waals surface area contributed by atoms with Gasteiger partial charge < -0.3 is 14.8 Å². The van der Waals surface area contributed by atoms with Crippen LogP contribution in [0.1, 0.15) is 31.7 Å². The number of aromatic nitrogens is 2. The van der Waals surface area contributed by atoms with Crippen LogP contribution in [0, 0.1) is 6.92 Å². The lowest BCUT2D eigenvalue weighted by Crippen LogP contribution is -2.37. The van der Waals surface area contributed by atoms with E-state index in [4.69, 9.17) is 9.47 Å². The van der Waals surface area contributed by atoms with Crippen LogP contribution in [-0.2, 0) is 22.4 Å². The quantitative estimate of drug-likeness (QED) is 0.629. The Morgan fingerprint density at radius 2 is 2.15 bits per heavy atom. The lowest BCUT2D eigenvalue weighted by Gasteiger charge is -2.19. The molecule has 1 rings (SSSR count). The molecular formula is C15H29N3O2. The van der Waals surface area contributed by atoms with Crippen LogP contribution in [0.3, 0.4) is 0 Å². The lowest BCUT2D eigenvalue weighted by molar-refractivity contribution is 0.0584. The first-order valence-corrected chi connectivity index (χ1v) is 7.54. The molecule has 0 spiro atoms. The van der Waals surface area contributed by atoms with E-state index in [1.54, 1.807) is 7.11 Å². The minimum Gasteiger partial charge on any atom is -0.382 e. The van der Waals surface area contributed by atoms with Crippen molar-refractivity contribution in [3.63, 3.8) is 0 Å². The summed E-state index contributed by atoms with van der Waals surface area (Å²) < 4.78 is 12.7. The van der Waals surface area contributed by atoms with Crippen molar-refractivity contribution in [3.05, 3.63) is 17.5 Å². The molecule has 1 heterocycles. The highest BCUT2D eigenvalue weighted by Crippen LogP contribution is 2.07. The first-order valence-electron chi connectivity index (χ1n) is 7.54. The number of hydrogen-bond acceptors (Lipinski definition) is 4. The first kappa shape index (κ1) is 17.1. The van der Waals surface area contributed by atoms with E-state index in [1.807, 2.05) is 6.92 Å². The van der Waals surface area contributed by atoms with Gasteiger partial charge in [-0.15, -0.1) is 0 Å². The number of ether oxygens (including phenoxy) is 2. The highest BCUT2D eigenvalue weighted by molar-refractivity contribution is 5.10. The van der Waals surface area contributed by atoms with Crippen molar-refractivity contribution in [1.29, 1.82) is 0 Å². The van der Waals surface area contributed by atoms with E-state index in [0.717, 1.165) is 31.6 Å². The Morgan fingerprint density at radius 3 is 2.80 bits per heavy atom. The van der Waals surface area contributed by atoms with Crippen molar-refractivity contribution < 1.29 is 9.47 Å². The predicted octanol–water partition coefficient (Wildman–Crippen LogP) is 1.79. The zero-order chi connectivity index (χ0) is 14.8. The molecule has 0 radical (unpaired) electrons. The van der Waals surface area contributed by atoms with Gasteiger partial charge >= 0.3 is 0 Å². The second kappa shape index (κ2) is 9.91. The first-order chi connectivity index (χ1) is 9.71. The molecule has 0 amide bonds. The molecule has 5 heteroatoms. The molecule has 0 aliphatic carbocycles. The lowest BCUT2D eigenvalue weighted by atomic mass is 10.1. The summed E-state index contributed by atoms with van der Waals surface area (Å²) in [5.74, 6) is 0. The van der Waals surface area contributed by atoms with Gasteiger partial charge in [0.25, 0.3) is 0 Å². The molecule has 20 heavy (non-hydrogen) atoms. The normalized spacial score (nSPS) is 12.8. The molecule has 1 aromatic heterocycles. The van der Waals surface area contributed by atoms with Crippen molar-refractivity contribution in [2.24, 2.45) is 0 Å². The third kappa shape index (κ3) is 6.03. The number of rotatable bonds is 11. The van der Waals surface area contributed by atoms with Gasteiger partial charge in [-0.2, -0.15) is 5.10 Å². The third-order valence-corrected chi connectivity index (χ3v) is 3.17. The average molecular weight is 283 g/mol. The third-order valence-electron chi connectivity index (χ3n) is 3.17. The van der Waals surface area contributed by atoms with Gasteiger partial charge in [0, 0.05) is 31.8 Å². The van der Waals surface area contributed by atoms with E-state index in [0.29, 0.717) is 25.9 Å². The minimum atomic E-state index is 0.327. The second-order valence-corrected chi connectivity index (χ2v) is 5.02. The van der Waals surface area contributed by atoms with Gasteiger partial charge in [-0.3, -0.25) is 4.68 Å². The maximum Gasteiger partial charge on any atom is 0.0701 e. The van der Waals surface area contributed by atoms with Gasteiger partial charge in [0.05, 0.1) is 25.5 Å². The molecular weight excluding hydrogens is 254 g/mol. The van der Waals surface area contributed by atoms with Crippen LogP contribution in [0.15, 0.2) is 6.07 Å². The molecule has 0 bridgehead atoms. The smallest absolute Gasteiger partial charge is 0.0701 e. The zero-order valence-electron chi connectivity index (χ0n) is 13.3. The van der Waals surface area contributed by atoms with Crippen LogP contribution in [0.5, 0.6) is 0 Å². The van der Waals surface area contributed by atoms with Crippen LogP contribution >= 0.6 is 0 Å². The summed E-state index contributed by atoms with van der Waals surface area (Å²) in [6.07, 6.45) is 2.07. The van der Waals surface area contributed by atoms with Gasteiger partial charge in [0.1, 0.15) is 0 Å². The maximum atomic E-state index is 5.67. The van der Waals surface area contributed by atoms with Gasteiger partial charge in [-0.25, -0.2) is 0 Å². The van der Waals surface area contributed by atoms with Crippen molar-refractivity contribution in [3.8, 4) is 0 Å². The molecule has 1 N–H and O–H groups in total. The largest absolute Gasteiger partial charge is 0.382 e. The van der Waals surface area contributed by atoms with E-state index in [-0.39, 0.29) is 0 Å². The van der Waals surface area contributed by atoms with Crippen molar-refractivity contribution in [2.45, 2.75) is 46.2 Å². The molecule has 0 fully saturated rings. The molecule has 0 saturated heterocycles. The number of methoxy groups -OCH3 is 1. The van der Waals surface area contributed by atoms with Gasteiger partial charge in [0.2, 0.25) is 0 Å². The molecule has 0 saturated carbocycles. The Labute approximate surface area is 122 Å². The van der Waals surface area contributed by atoms with E-state index >= 15 is 0 Å². The van der Waals surface area contributed by atoms with Gasteiger partial charge in [-0.05, 0) is 32.9 Å². The Kier molecular flexibility index (Phi) is 8.49. The molecule has 0 aliphatic heterocycles. The molecule has 0 aromatic carbocycles. The highest BCUT2D eigenvalue weighted by Gasteiger charge is 2.13. The van der Waals surface area contributed by atoms with E-state index in [9.17, 15) is 0 Å². The monoisotopic (exact) mass is 283 g/mol. The van der Waals surface area contributed by atoms with Crippen LogP contribution in [0.25, 0.3) is 0 Å². The van der Waals surface area contributed by atoms with Crippen LogP contribution < -0.4 is 5.32 Å². The Balaban J connectivity index is 2.53. The fraction of sp³-hybridized carbons (Fsp3) is 0.800. The van der Waals surface area contributed by atoms with Crippen molar-refractivity contribution in [2.75, 3.05) is 33.5 Å². The summed E-state index contributed by atoms with van der Waals surface area (Å²) in [6, 6.07) is 2.49. The molecule has 5 nitrogen and oxygen atoms in total. The van der Waals surface area contributed by atoms with E-state index < -0.39 is 0 Å². The Hall–Kier alpha value is -0.910. The van der Waals surface area contributed by atoms with Gasteiger partial charge in [0.15, 0.2) is 0 Å². The highest BCUT2D eigenvalue weighted by atomic mass is 16.5. The molecule has 0 aliphatic rings. The molecule has 1 atom stereocenters. The summed E-state index contributed by atoms with van der Waals surface area (Å²) in [5.41, 5.74) is 2.35.